The fraction of sp³-hybridized carbons (Fsp3) is 0.640. The van der Waals surface area contributed by atoms with Gasteiger partial charge in [-0.25, -0.2) is 4.79 Å². The number of aliphatic hydroxyl groups is 1. The summed E-state index contributed by atoms with van der Waals surface area (Å²) in [6.07, 6.45) is 3.30. The molecule has 1 spiro atoms. The van der Waals surface area contributed by atoms with Gasteiger partial charge >= 0.3 is 5.97 Å². The molecule has 2 bridgehead atoms. The molecule has 0 aromatic heterocycles. The molecule has 5 atom stereocenters. The van der Waals surface area contributed by atoms with Crippen LogP contribution in [0.15, 0.2) is 24.0 Å². The van der Waals surface area contributed by atoms with Crippen LogP contribution in [0, 0.1) is 0 Å². The van der Waals surface area contributed by atoms with Crippen LogP contribution in [0.2, 0.25) is 0 Å². The van der Waals surface area contributed by atoms with E-state index in [1.54, 1.807) is 21.0 Å². The first-order chi connectivity index (χ1) is 15.7. The summed E-state index contributed by atoms with van der Waals surface area (Å²) in [6.45, 7) is 4.61. The van der Waals surface area contributed by atoms with Crippen molar-refractivity contribution in [3.63, 3.8) is 0 Å². The first kappa shape index (κ1) is 21.3. The van der Waals surface area contributed by atoms with Gasteiger partial charge in [0.05, 0.1) is 24.7 Å². The molecule has 8 nitrogen and oxygen atoms in total. The van der Waals surface area contributed by atoms with Crippen molar-refractivity contribution in [3.05, 3.63) is 35.1 Å². The highest BCUT2D eigenvalue weighted by Crippen LogP contribution is 2.65. The number of piperidine rings is 1. The summed E-state index contributed by atoms with van der Waals surface area (Å²) in [6, 6.07) is 4.07. The normalized spacial score (nSPS) is 37.7. The van der Waals surface area contributed by atoms with Crippen molar-refractivity contribution in [1.29, 1.82) is 0 Å². The van der Waals surface area contributed by atoms with Crippen LogP contribution in [0.3, 0.4) is 0 Å². The lowest BCUT2D eigenvalue weighted by atomic mass is 9.50. The molecular formula is C25H31NO7. The Morgan fingerprint density at radius 3 is 2.85 bits per heavy atom. The van der Waals surface area contributed by atoms with Gasteiger partial charge in [-0.05, 0) is 44.1 Å². The number of methoxy groups -OCH3 is 1. The molecule has 1 N–H and O–H groups in total. The number of likely N-dealkylation sites (N-methyl/N-ethyl adjacent to an activating group) is 1. The van der Waals surface area contributed by atoms with E-state index >= 15 is 0 Å². The molecule has 8 heteroatoms. The second kappa shape index (κ2) is 6.87. The summed E-state index contributed by atoms with van der Waals surface area (Å²) in [5.41, 5.74) is 0.749. The lowest BCUT2D eigenvalue weighted by Gasteiger charge is -2.61. The third-order valence-electron chi connectivity index (χ3n) is 8.24. The lowest BCUT2D eigenvalue weighted by molar-refractivity contribution is -0.166. The van der Waals surface area contributed by atoms with E-state index < -0.39 is 29.0 Å². The lowest BCUT2D eigenvalue weighted by Crippen LogP contribution is -2.74. The van der Waals surface area contributed by atoms with Gasteiger partial charge < -0.3 is 33.7 Å². The van der Waals surface area contributed by atoms with E-state index in [0.717, 1.165) is 30.7 Å². The van der Waals surface area contributed by atoms with Crippen LogP contribution in [0.4, 0.5) is 0 Å². The number of esters is 1. The number of rotatable bonds is 5. The second-order valence-electron chi connectivity index (χ2n) is 10.4. The number of hydrogen-bond acceptors (Lipinski definition) is 8. The van der Waals surface area contributed by atoms with Crippen LogP contribution in [0.1, 0.15) is 44.2 Å². The molecule has 1 aromatic rings. The Bertz CT molecular complexity index is 1050. The maximum absolute atomic E-state index is 12.2. The van der Waals surface area contributed by atoms with E-state index in [9.17, 15) is 9.90 Å². The van der Waals surface area contributed by atoms with Gasteiger partial charge in [-0.15, -0.1) is 0 Å². The van der Waals surface area contributed by atoms with Gasteiger partial charge in [0.25, 0.3) is 0 Å². The first-order valence-electron chi connectivity index (χ1n) is 11.7. The predicted molar refractivity (Wildman–Crippen MR) is 117 cm³/mol. The van der Waals surface area contributed by atoms with Crippen molar-refractivity contribution in [2.75, 3.05) is 27.3 Å². The van der Waals surface area contributed by atoms with Crippen molar-refractivity contribution < 1.29 is 33.6 Å². The summed E-state index contributed by atoms with van der Waals surface area (Å²) in [7, 11) is 3.73. The molecule has 33 heavy (non-hydrogen) atoms. The van der Waals surface area contributed by atoms with Gasteiger partial charge in [-0.1, -0.05) is 6.07 Å². The third-order valence-corrected chi connectivity index (χ3v) is 8.24. The first-order valence-corrected chi connectivity index (χ1v) is 11.7. The molecular weight excluding hydrogens is 426 g/mol. The highest BCUT2D eigenvalue weighted by molar-refractivity contribution is 5.76. The van der Waals surface area contributed by atoms with Crippen molar-refractivity contribution in [1.82, 2.24) is 4.90 Å². The van der Waals surface area contributed by atoms with Crippen LogP contribution in [0.5, 0.6) is 11.5 Å². The summed E-state index contributed by atoms with van der Waals surface area (Å²) in [5, 5.41) is 12.2. The number of carbonyl (C=O) groups excluding carboxylic acids is 1. The fourth-order valence-corrected chi connectivity index (χ4v) is 6.81. The maximum Gasteiger partial charge on any atom is 0.338 e. The van der Waals surface area contributed by atoms with Crippen molar-refractivity contribution in [2.24, 2.45) is 0 Å². The Hall–Kier alpha value is -2.29. The topological polar surface area (TPSA) is 86.7 Å². The number of ether oxygens (including phenoxy) is 5. The Morgan fingerprint density at radius 2 is 2.12 bits per heavy atom. The van der Waals surface area contributed by atoms with Crippen LogP contribution in [0.25, 0.3) is 0 Å². The monoisotopic (exact) mass is 457 g/mol. The molecule has 6 rings (SSSR count). The maximum atomic E-state index is 12.2. The molecule has 0 radical (unpaired) electrons. The van der Waals surface area contributed by atoms with Gasteiger partial charge in [0.15, 0.2) is 23.7 Å². The molecule has 2 fully saturated rings. The highest BCUT2D eigenvalue weighted by atomic mass is 16.8. The average molecular weight is 458 g/mol. The molecule has 3 heterocycles. The van der Waals surface area contributed by atoms with E-state index in [0.29, 0.717) is 31.0 Å². The number of nitrogens with zero attached hydrogens (tertiary/aromatic N) is 1. The van der Waals surface area contributed by atoms with Gasteiger partial charge in [0, 0.05) is 38.3 Å². The summed E-state index contributed by atoms with van der Waals surface area (Å²) in [4.78, 5) is 14.4. The van der Waals surface area contributed by atoms with E-state index in [-0.39, 0.29) is 12.0 Å². The van der Waals surface area contributed by atoms with Crippen LogP contribution >= 0.6 is 0 Å². The van der Waals surface area contributed by atoms with Gasteiger partial charge in [0.2, 0.25) is 5.79 Å². The number of cyclic esters (lactones) is 1. The summed E-state index contributed by atoms with van der Waals surface area (Å²) >= 11 is 0. The Kier molecular flexibility index (Phi) is 4.42. The van der Waals surface area contributed by atoms with Crippen molar-refractivity contribution in [3.8, 4) is 11.5 Å². The van der Waals surface area contributed by atoms with Crippen molar-refractivity contribution in [2.45, 2.75) is 74.6 Å². The summed E-state index contributed by atoms with van der Waals surface area (Å²) in [5.74, 6) is 0.844. The molecule has 0 amide bonds. The Balaban J connectivity index is 1.33. The molecule has 3 aliphatic heterocycles. The molecule has 178 valence electrons. The quantitative estimate of drug-likeness (QED) is 0.673. The van der Waals surface area contributed by atoms with Crippen LogP contribution in [-0.2, 0) is 30.8 Å². The minimum atomic E-state index is -0.954. The van der Waals surface area contributed by atoms with Crippen LogP contribution in [-0.4, -0.2) is 72.9 Å². The van der Waals surface area contributed by atoms with Gasteiger partial charge in [0.1, 0.15) is 5.76 Å². The van der Waals surface area contributed by atoms with E-state index in [1.165, 1.54) is 5.56 Å². The Labute approximate surface area is 193 Å². The van der Waals surface area contributed by atoms with Gasteiger partial charge in [-0.2, -0.15) is 0 Å². The molecule has 1 unspecified atom stereocenters. The van der Waals surface area contributed by atoms with E-state index in [4.69, 9.17) is 23.7 Å². The zero-order chi connectivity index (χ0) is 23.2. The number of carbonyl (C=O) groups is 1. The zero-order valence-corrected chi connectivity index (χ0v) is 19.6. The number of benzene rings is 1. The van der Waals surface area contributed by atoms with Gasteiger partial charge in [-0.3, -0.25) is 0 Å². The molecule has 2 saturated heterocycles. The van der Waals surface area contributed by atoms with E-state index in [1.807, 2.05) is 12.1 Å². The minimum Gasteiger partial charge on any atom is -0.494 e. The van der Waals surface area contributed by atoms with E-state index in [2.05, 4.69) is 18.0 Å². The molecule has 1 aromatic carbocycles. The fourth-order valence-electron chi connectivity index (χ4n) is 6.81. The average Bonchev–Trinajstić information content (AvgIpc) is 3.25. The minimum absolute atomic E-state index is 0.00545. The molecule has 2 aliphatic carbocycles. The van der Waals surface area contributed by atoms with Crippen LogP contribution < -0.4 is 9.47 Å². The van der Waals surface area contributed by atoms with Crippen molar-refractivity contribution >= 4 is 5.97 Å². The smallest absolute Gasteiger partial charge is 0.338 e. The number of hydrogen-bond donors (Lipinski definition) is 1. The molecule has 5 aliphatic rings. The summed E-state index contributed by atoms with van der Waals surface area (Å²) < 4.78 is 29.4. The second-order valence-corrected chi connectivity index (χ2v) is 10.4. The largest absolute Gasteiger partial charge is 0.494 e. The highest BCUT2D eigenvalue weighted by Gasteiger charge is 2.71. The Morgan fingerprint density at radius 1 is 1.30 bits per heavy atom. The predicted octanol–water partition coefficient (Wildman–Crippen LogP) is 2.06. The number of likely N-dealkylation sites (tertiary alicyclic amines) is 1. The SMILES string of the molecule is COc1ccc2c3c1O[C@H]1C(OCCC4OC(C)(C)OC4=O)=CC[C@@]4(O)[C@@H](C2)N(C)CC[C@]314. The third kappa shape index (κ3) is 2.71. The standard InChI is InChI=1S/C25H31NO7/c1-23(2)32-17(22(27)33-23)8-12-30-16-7-9-25(28)18-13-14-5-6-15(29-4)20-19(14)24(25,21(16)31-20)10-11-26(18)3/h5-7,17-18,21,28H,8-13H2,1-4H3/t17?,18-,21+,24+,25-/m1/s1. The zero-order valence-electron chi connectivity index (χ0n) is 19.6. The molecule has 0 saturated carbocycles.